The molecule has 184 valence electrons. The molecule has 0 spiro atoms. The van der Waals surface area contributed by atoms with Crippen molar-refractivity contribution >= 4 is 44.9 Å². The number of carbonyl (C=O) groups is 1. The Morgan fingerprint density at radius 2 is 1.69 bits per heavy atom. The molecule has 0 fully saturated rings. The van der Waals surface area contributed by atoms with Gasteiger partial charge in [-0.05, 0) is 55.5 Å². The topological polar surface area (TPSA) is 161 Å². The summed E-state index contributed by atoms with van der Waals surface area (Å²) in [6.07, 6.45) is 2.66. The molecule has 2 aromatic carbocycles. The van der Waals surface area contributed by atoms with Crippen LogP contribution in [-0.2, 0) is 10.0 Å². The highest BCUT2D eigenvalue weighted by molar-refractivity contribution is 7.92. The number of nitrogens with zero attached hydrogens (tertiary/aromatic N) is 5. The number of azo groups is 1. The fourth-order valence-corrected chi connectivity index (χ4v) is 4.06. The maximum absolute atomic E-state index is 12.7. The second-order valence-corrected chi connectivity index (χ2v) is 9.40. The van der Waals surface area contributed by atoms with Crippen molar-refractivity contribution in [1.82, 2.24) is 19.7 Å². The molecule has 0 amide bonds. The van der Waals surface area contributed by atoms with Crippen molar-refractivity contribution in [2.45, 2.75) is 11.8 Å². The van der Waals surface area contributed by atoms with Crippen molar-refractivity contribution in [3.8, 4) is 5.75 Å². The van der Waals surface area contributed by atoms with Crippen LogP contribution in [0.25, 0.3) is 0 Å². The number of sulfonamides is 1. The Morgan fingerprint density at radius 1 is 1.06 bits per heavy atom. The molecule has 4 aromatic rings. The molecule has 14 heteroatoms. The van der Waals surface area contributed by atoms with Gasteiger partial charge in [0, 0.05) is 10.6 Å². The van der Waals surface area contributed by atoms with Crippen LogP contribution in [-0.4, -0.2) is 41.2 Å². The minimum atomic E-state index is -3.96. The number of hydrogen-bond donors (Lipinski definition) is 2. The molecule has 2 heterocycles. The van der Waals surface area contributed by atoms with Crippen LogP contribution in [0.15, 0.2) is 80.8 Å². The van der Waals surface area contributed by atoms with E-state index < -0.39 is 21.5 Å². The first-order chi connectivity index (χ1) is 17.2. The number of ether oxygens (including phenoxy) is 1. The number of nitrogens with one attached hydrogen (secondary N) is 2. The van der Waals surface area contributed by atoms with E-state index in [0.29, 0.717) is 16.5 Å². The number of aryl methyl sites for hydroxylation is 1. The van der Waals surface area contributed by atoms with E-state index in [0.717, 1.165) is 4.68 Å². The zero-order valence-corrected chi connectivity index (χ0v) is 20.4. The minimum absolute atomic E-state index is 0.0605. The highest BCUT2D eigenvalue weighted by Crippen LogP contribution is 2.21. The second kappa shape index (κ2) is 10.1. The zero-order valence-electron chi connectivity index (χ0n) is 18.8. The summed E-state index contributed by atoms with van der Waals surface area (Å²) < 4.78 is 33.2. The third-order valence-electron chi connectivity index (χ3n) is 4.84. The van der Waals surface area contributed by atoms with Crippen LogP contribution in [0.2, 0.25) is 5.02 Å². The fraction of sp³-hybridized carbons (Fsp3) is 0.0909. The molecule has 0 aliphatic rings. The summed E-state index contributed by atoms with van der Waals surface area (Å²) in [5.74, 6) is -0.317. The monoisotopic (exact) mass is 527 g/mol. The largest absolute Gasteiger partial charge is 0.494 e. The highest BCUT2D eigenvalue weighted by atomic mass is 35.5. The summed E-state index contributed by atoms with van der Waals surface area (Å²) in [5.41, 5.74) is 0.127. The second-order valence-electron chi connectivity index (χ2n) is 7.28. The van der Waals surface area contributed by atoms with Gasteiger partial charge in [0.05, 0.1) is 35.8 Å². The molecular formula is C22H18ClN7O5S. The van der Waals surface area contributed by atoms with Crippen LogP contribution in [0.5, 0.6) is 5.75 Å². The molecule has 2 N–H and O–H groups in total. The van der Waals surface area contributed by atoms with Crippen LogP contribution in [0.1, 0.15) is 16.1 Å². The van der Waals surface area contributed by atoms with Gasteiger partial charge in [-0.2, -0.15) is 9.80 Å². The SMILES string of the molecule is COc1cnc(NS(=O)(=O)c2ccc(N=Nc3c(C)[nH]n(C(=O)c4ccc(Cl)cc4)c3=O)cc2)nc1. The van der Waals surface area contributed by atoms with Crippen LogP contribution in [0.3, 0.4) is 0 Å². The lowest BCUT2D eigenvalue weighted by Gasteiger charge is -2.07. The van der Waals surface area contributed by atoms with Gasteiger partial charge in [0.25, 0.3) is 15.9 Å². The van der Waals surface area contributed by atoms with Gasteiger partial charge in [-0.25, -0.2) is 23.1 Å². The molecule has 0 unspecified atom stereocenters. The van der Waals surface area contributed by atoms with Gasteiger partial charge >= 0.3 is 5.56 Å². The van der Waals surface area contributed by atoms with Crippen molar-refractivity contribution in [2.75, 3.05) is 11.8 Å². The number of benzene rings is 2. The number of aromatic nitrogens is 4. The summed E-state index contributed by atoms with van der Waals surface area (Å²) in [5, 5.41) is 11.1. The zero-order chi connectivity index (χ0) is 25.9. The van der Waals surface area contributed by atoms with Crippen LogP contribution in [0.4, 0.5) is 17.3 Å². The molecule has 0 aliphatic carbocycles. The fourth-order valence-electron chi connectivity index (χ4n) is 2.97. The lowest BCUT2D eigenvalue weighted by Crippen LogP contribution is -2.25. The average molecular weight is 528 g/mol. The number of methoxy groups -OCH3 is 1. The summed E-state index contributed by atoms with van der Waals surface area (Å²) in [4.78, 5) is 33.0. The van der Waals surface area contributed by atoms with Gasteiger partial charge < -0.3 is 4.74 Å². The normalized spacial score (nSPS) is 11.5. The van der Waals surface area contributed by atoms with E-state index in [2.05, 4.69) is 30.0 Å². The van der Waals surface area contributed by atoms with Crippen LogP contribution in [0, 0.1) is 6.92 Å². The first-order valence-electron chi connectivity index (χ1n) is 10.2. The Kier molecular flexibility index (Phi) is 6.94. The smallest absolute Gasteiger partial charge is 0.302 e. The van der Waals surface area contributed by atoms with Gasteiger partial charge in [-0.1, -0.05) is 11.6 Å². The third kappa shape index (κ3) is 5.31. The number of H-pyrrole nitrogens is 1. The summed E-state index contributed by atoms with van der Waals surface area (Å²) in [7, 11) is -2.52. The molecule has 36 heavy (non-hydrogen) atoms. The average Bonchev–Trinajstić information content (AvgIpc) is 3.16. The number of hydrogen-bond acceptors (Lipinski definition) is 9. The molecule has 2 aromatic heterocycles. The number of carbonyl (C=O) groups excluding carboxylic acids is 1. The van der Waals surface area contributed by atoms with Gasteiger partial charge in [-0.15, -0.1) is 5.11 Å². The van der Waals surface area contributed by atoms with E-state index in [-0.39, 0.29) is 27.8 Å². The van der Waals surface area contributed by atoms with Crippen molar-refractivity contribution in [3.05, 3.63) is 87.6 Å². The Bertz CT molecular complexity index is 1590. The lowest BCUT2D eigenvalue weighted by molar-refractivity contribution is 0.0941. The molecule has 0 bridgehead atoms. The van der Waals surface area contributed by atoms with E-state index in [1.54, 1.807) is 19.1 Å². The Balaban J connectivity index is 1.51. The Morgan fingerprint density at radius 3 is 2.31 bits per heavy atom. The van der Waals surface area contributed by atoms with E-state index in [9.17, 15) is 18.0 Å². The molecule has 0 radical (unpaired) electrons. The number of halogens is 1. The van der Waals surface area contributed by atoms with E-state index in [1.165, 1.54) is 55.9 Å². The number of aromatic amines is 1. The molecule has 0 aliphatic heterocycles. The maximum atomic E-state index is 12.7. The third-order valence-corrected chi connectivity index (χ3v) is 6.43. The van der Waals surface area contributed by atoms with Crippen LogP contribution < -0.4 is 15.0 Å². The summed E-state index contributed by atoms with van der Waals surface area (Å²) in [6.45, 7) is 1.57. The first-order valence-corrected chi connectivity index (χ1v) is 12.1. The molecule has 0 atom stereocenters. The van der Waals surface area contributed by atoms with E-state index in [4.69, 9.17) is 16.3 Å². The van der Waals surface area contributed by atoms with Gasteiger partial charge in [0.2, 0.25) is 5.95 Å². The van der Waals surface area contributed by atoms with Crippen molar-refractivity contribution in [3.63, 3.8) is 0 Å². The molecule has 4 rings (SSSR count). The number of anilines is 1. The Labute approximate surface area is 209 Å². The standard InChI is InChI=1S/C22H18ClN7O5S/c1-13-19(21(32)30(28-13)20(31)14-3-5-15(23)6-4-14)27-26-16-7-9-18(10-8-16)36(33,34)29-22-24-11-17(35-2)12-25-22/h3-12,28H,1-2H3,(H,24,25,29). The quantitative estimate of drug-likeness (QED) is 0.345. The maximum Gasteiger partial charge on any atom is 0.302 e. The molecule has 0 saturated carbocycles. The van der Waals surface area contributed by atoms with Crippen LogP contribution >= 0.6 is 11.6 Å². The predicted molar refractivity (Wildman–Crippen MR) is 131 cm³/mol. The number of rotatable bonds is 7. The summed E-state index contributed by atoms with van der Waals surface area (Å²) in [6, 6.07) is 11.5. The molecule has 0 saturated heterocycles. The van der Waals surface area contributed by atoms with Gasteiger partial charge in [-0.3, -0.25) is 14.7 Å². The summed E-state index contributed by atoms with van der Waals surface area (Å²) >= 11 is 5.84. The van der Waals surface area contributed by atoms with Crippen molar-refractivity contribution in [2.24, 2.45) is 10.2 Å². The first kappa shape index (κ1) is 24.8. The Hall–Kier alpha value is -4.36. The molecular weight excluding hydrogens is 510 g/mol. The predicted octanol–water partition coefficient (Wildman–Crippen LogP) is 3.84. The lowest BCUT2D eigenvalue weighted by atomic mass is 10.2. The highest BCUT2D eigenvalue weighted by Gasteiger charge is 2.18. The van der Waals surface area contributed by atoms with E-state index >= 15 is 0 Å². The molecule has 12 nitrogen and oxygen atoms in total. The minimum Gasteiger partial charge on any atom is -0.494 e. The van der Waals surface area contributed by atoms with Gasteiger partial charge in [0.15, 0.2) is 11.4 Å². The van der Waals surface area contributed by atoms with E-state index in [1.807, 2.05) is 0 Å². The van der Waals surface area contributed by atoms with Crippen molar-refractivity contribution < 1.29 is 17.9 Å². The van der Waals surface area contributed by atoms with Crippen molar-refractivity contribution in [1.29, 1.82) is 0 Å². The van der Waals surface area contributed by atoms with Gasteiger partial charge in [0.1, 0.15) is 0 Å².